The molecule has 2 aromatic rings. The van der Waals surface area contributed by atoms with Crippen molar-refractivity contribution in [3.8, 4) is 0 Å². The van der Waals surface area contributed by atoms with Gasteiger partial charge in [0.25, 0.3) is 0 Å². The van der Waals surface area contributed by atoms with E-state index in [0.29, 0.717) is 6.04 Å². The topological polar surface area (TPSA) is 15.3 Å². The molecule has 1 aromatic carbocycles. The molecular weight excluding hydrogens is 264 g/mol. The molecule has 0 bridgehead atoms. The minimum Gasteiger partial charge on any atom is -0.364 e. The van der Waals surface area contributed by atoms with Gasteiger partial charge in [0.05, 0.1) is 6.04 Å². The molecule has 1 aromatic heterocycles. The number of nitrogens with zero attached hydrogens (tertiary/aromatic N) is 1. The number of thiophene rings is 1. The molecule has 3 heteroatoms. The molecule has 2 nitrogen and oxygen atoms in total. The first-order valence-corrected chi connectivity index (χ1v) is 8.15. The van der Waals surface area contributed by atoms with E-state index in [1.165, 1.54) is 28.8 Å². The first-order valence-electron chi connectivity index (χ1n) is 7.27. The van der Waals surface area contributed by atoms with Crippen LogP contribution in [0.3, 0.4) is 0 Å². The molecule has 3 rings (SSSR count). The zero-order valence-corrected chi connectivity index (χ0v) is 13.3. The Labute approximate surface area is 125 Å². The van der Waals surface area contributed by atoms with Gasteiger partial charge in [0, 0.05) is 23.7 Å². The SMILES string of the molecule is CNCc1cc(C)ccc1N1CCc2sccc2C1C. The third-order valence-electron chi connectivity index (χ3n) is 4.19. The molecule has 1 unspecified atom stereocenters. The van der Waals surface area contributed by atoms with Crippen molar-refractivity contribution < 1.29 is 0 Å². The molecule has 20 heavy (non-hydrogen) atoms. The molecule has 0 fully saturated rings. The van der Waals surface area contributed by atoms with Gasteiger partial charge in [-0.1, -0.05) is 17.7 Å². The molecule has 0 saturated heterocycles. The van der Waals surface area contributed by atoms with E-state index in [-0.39, 0.29) is 0 Å². The van der Waals surface area contributed by atoms with Crippen molar-refractivity contribution in [1.82, 2.24) is 5.32 Å². The highest BCUT2D eigenvalue weighted by molar-refractivity contribution is 7.10. The number of hydrogen-bond acceptors (Lipinski definition) is 3. The molecule has 1 atom stereocenters. The Hall–Kier alpha value is -1.32. The van der Waals surface area contributed by atoms with Crippen molar-refractivity contribution in [3.05, 3.63) is 51.2 Å². The average Bonchev–Trinajstić information content (AvgIpc) is 2.90. The molecule has 2 heterocycles. The predicted octanol–water partition coefficient (Wildman–Crippen LogP) is 3.90. The summed E-state index contributed by atoms with van der Waals surface area (Å²) in [7, 11) is 2.02. The van der Waals surface area contributed by atoms with Crippen LogP contribution in [0.2, 0.25) is 0 Å². The molecule has 0 aliphatic carbocycles. The summed E-state index contributed by atoms with van der Waals surface area (Å²) in [6.45, 7) is 6.54. The lowest BCUT2D eigenvalue weighted by Crippen LogP contribution is -2.34. The smallest absolute Gasteiger partial charge is 0.0525 e. The van der Waals surface area contributed by atoms with Gasteiger partial charge >= 0.3 is 0 Å². The van der Waals surface area contributed by atoms with E-state index in [4.69, 9.17) is 0 Å². The van der Waals surface area contributed by atoms with Crippen LogP contribution in [0.4, 0.5) is 5.69 Å². The van der Waals surface area contributed by atoms with E-state index in [0.717, 1.165) is 13.1 Å². The lowest BCUT2D eigenvalue weighted by atomic mass is 9.98. The van der Waals surface area contributed by atoms with Crippen LogP contribution in [-0.2, 0) is 13.0 Å². The summed E-state index contributed by atoms with van der Waals surface area (Å²) in [5.74, 6) is 0. The number of rotatable bonds is 3. The zero-order valence-electron chi connectivity index (χ0n) is 12.4. The van der Waals surface area contributed by atoms with Gasteiger partial charge in [-0.25, -0.2) is 0 Å². The number of aryl methyl sites for hydroxylation is 1. The van der Waals surface area contributed by atoms with Crippen molar-refractivity contribution in [1.29, 1.82) is 0 Å². The molecule has 106 valence electrons. The first kappa shape index (κ1) is 13.7. The summed E-state index contributed by atoms with van der Waals surface area (Å²) in [6, 6.07) is 9.59. The van der Waals surface area contributed by atoms with Crippen molar-refractivity contribution in [2.24, 2.45) is 0 Å². The van der Waals surface area contributed by atoms with Crippen LogP contribution in [0, 0.1) is 6.92 Å². The van der Waals surface area contributed by atoms with Crippen molar-refractivity contribution in [2.45, 2.75) is 32.9 Å². The summed E-state index contributed by atoms with van der Waals surface area (Å²) in [4.78, 5) is 4.12. The number of nitrogens with one attached hydrogen (secondary N) is 1. The fourth-order valence-electron chi connectivity index (χ4n) is 3.17. The molecule has 0 spiro atoms. The number of fused-ring (bicyclic) bond motifs is 1. The lowest BCUT2D eigenvalue weighted by Gasteiger charge is -2.37. The molecule has 1 aliphatic rings. The lowest BCUT2D eigenvalue weighted by molar-refractivity contribution is 0.627. The van der Waals surface area contributed by atoms with Gasteiger partial charge < -0.3 is 10.2 Å². The monoisotopic (exact) mass is 286 g/mol. The van der Waals surface area contributed by atoms with Crippen LogP contribution in [0.5, 0.6) is 0 Å². The maximum absolute atomic E-state index is 3.30. The third kappa shape index (κ3) is 2.36. The second-order valence-electron chi connectivity index (χ2n) is 5.58. The van der Waals surface area contributed by atoms with E-state index in [1.54, 1.807) is 4.88 Å². The Kier molecular flexibility index (Phi) is 3.81. The molecular formula is C17H22N2S. The highest BCUT2D eigenvalue weighted by Gasteiger charge is 2.26. The van der Waals surface area contributed by atoms with Gasteiger partial charge in [-0.3, -0.25) is 0 Å². The second-order valence-corrected chi connectivity index (χ2v) is 6.58. The fourth-order valence-corrected chi connectivity index (χ4v) is 4.13. The fraction of sp³-hybridized carbons (Fsp3) is 0.412. The quantitative estimate of drug-likeness (QED) is 0.920. The molecule has 1 aliphatic heterocycles. The summed E-state index contributed by atoms with van der Waals surface area (Å²) in [6.07, 6.45) is 1.17. The average molecular weight is 286 g/mol. The predicted molar refractivity (Wildman–Crippen MR) is 87.7 cm³/mol. The molecule has 1 N–H and O–H groups in total. The minimum absolute atomic E-state index is 0.475. The van der Waals surface area contributed by atoms with Gasteiger partial charge in [-0.05, 0) is 56.0 Å². The standard InChI is InChI=1S/C17H22N2S/c1-12-4-5-16(14(10-12)11-18-3)19-8-6-17-15(13(19)2)7-9-20-17/h4-5,7,9-10,13,18H,6,8,11H2,1-3H3. The number of hydrogen-bond donors (Lipinski definition) is 1. The Balaban J connectivity index is 1.98. The Morgan fingerprint density at radius 2 is 2.20 bits per heavy atom. The summed E-state index contributed by atoms with van der Waals surface area (Å²) in [5, 5.41) is 5.53. The largest absolute Gasteiger partial charge is 0.364 e. The van der Waals surface area contributed by atoms with Crippen LogP contribution in [0.25, 0.3) is 0 Å². The van der Waals surface area contributed by atoms with E-state index < -0.39 is 0 Å². The highest BCUT2D eigenvalue weighted by Crippen LogP contribution is 2.37. The summed E-state index contributed by atoms with van der Waals surface area (Å²) >= 11 is 1.90. The second kappa shape index (κ2) is 5.58. The van der Waals surface area contributed by atoms with Crippen LogP contribution >= 0.6 is 11.3 Å². The number of benzene rings is 1. The first-order chi connectivity index (χ1) is 9.70. The Bertz CT molecular complexity index is 603. The third-order valence-corrected chi connectivity index (χ3v) is 5.19. The van der Waals surface area contributed by atoms with Crippen LogP contribution in [0.1, 0.15) is 34.5 Å². The van der Waals surface area contributed by atoms with Crippen LogP contribution in [-0.4, -0.2) is 13.6 Å². The van der Waals surface area contributed by atoms with Gasteiger partial charge in [0.2, 0.25) is 0 Å². The molecule has 0 saturated carbocycles. The summed E-state index contributed by atoms with van der Waals surface area (Å²) < 4.78 is 0. The van der Waals surface area contributed by atoms with Gasteiger partial charge in [0.15, 0.2) is 0 Å². The molecule has 0 amide bonds. The Morgan fingerprint density at radius 3 is 3.00 bits per heavy atom. The summed E-state index contributed by atoms with van der Waals surface area (Å²) in [5.41, 5.74) is 5.63. The highest BCUT2D eigenvalue weighted by atomic mass is 32.1. The van der Waals surface area contributed by atoms with Gasteiger partial charge in [-0.2, -0.15) is 0 Å². The van der Waals surface area contributed by atoms with E-state index in [2.05, 4.69) is 53.7 Å². The molecule has 0 radical (unpaired) electrons. The van der Waals surface area contributed by atoms with Crippen molar-refractivity contribution in [2.75, 3.05) is 18.5 Å². The van der Waals surface area contributed by atoms with E-state index >= 15 is 0 Å². The number of anilines is 1. The van der Waals surface area contributed by atoms with E-state index in [9.17, 15) is 0 Å². The van der Waals surface area contributed by atoms with Crippen LogP contribution < -0.4 is 10.2 Å². The van der Waals surface area contributed by atoms with Gasteiger partial charge in [-0.15, -0.1) is 11.3 Å². The van der Waals surface area contributed by atoms with Crippen LogP contribution in [0.15, 0.2) is 29.6 Å². The Morgan fingerprint density at radius 1 is 1.35 bits per heavy atom. The normalized spacial score (nSPS) is 18.1. The van der Waals surface area contributed by atoms with Gasteiger partial charge in [0.1, 0.15) is 0 Å². The maximum Gasteiger partial charge on any atom is 0.0525 e. The van der Waals surface area contributed by atoms with E-state index in [1.807, 2.05) is 18.4 Å². The van der Waals surface area contributed by atoms with Crippen molar-refractivity contribution >= 4 is 17.0 Å². The minimum atomic E-state index is 0.475. The van der Waals surface area contributed by atoms with Crippen molar-refractivity contribution in [3.63, 3.8) is 0 Å². The zero-order chi connectivity index (χ0) is 14.1. The maximum atomic E-state index is 3.30.